The highest BCUT2D eigenvalue weighted by Crippen LogP contribution is 2.23. The summed E-state index contributed by atoms with van der Waals surface area (Å²) in [5.41, 5.74) is 0.673. The molecule has 116 valence electrons. The molecule has 2 aromatic rings. The van der Waals surface area contributed by atoms with E-state index in [1.54, 1.807) is 31.0 Å². The predicted octanol–water partition coefficient (Wildman–Crippen LogP) is 2.04. The van der Waals surface area contributed by atoms with Gasteiger partial charge in [0.25, 0.3) is 0 Å². The third kappa shape index (κ3) is 3.32. The van der Waals surface area contributed by atoms with Crippen molar-refractivity contribution < 1.29 is 4.79 Å². The number of imidazole rings is 1. The molecular weight excluding hydrogens is 278 g/mol. The van der Waals surface area contributed by atoms with Crippen molar-refractivity contribution in [3.63, 3.8) is 0 Å². The van der Waals surface area contributed by atoms with Crippen LogP contribution in [-0.4, -0.2) is 31.5 Å². The van der Waals surface area contributed by atoms with Crippen LogP contribution in [0.2, 0.25) is 0 Å². The van der Waals surface area contributed by atoms with Crippen molar-refractivity contribution in [1.82, 2.24) is 24.8 Å². The summed E-state index contributed by atoms with van der Waals surface area (Å²) in [6.45, 7) is 2.47. The molecule has 2 heterocycles. The van der Waals surface area contributed by atoms with Crippen LogP contribution in [-0.2, 0) is 11.3 Å². The van der Waals surface area contributed by atoms with E-state index in [0.717, 1.165) is 6.42 Å². The van der Waals surface area contributed by atoms with Gasteiger partial charge in [0.1, 0.15) is 12.2 Å². The molecule has 22 heavy (non-hydrogen) atoms. The minimum absolute atomic E-state index is 0.0295. The Morgan fingerprint density at radius 2 is 2.14 bits per heavy atom. The maximum atomic E-state index is 12.3. The van der Waals surface area contributed by atoms with Gasteiger partial charge >= 0.3 is 0 Å². The SMILES string of the molecule is C[C@@H]1CCCC[C@H]1NC(=O)Cn1ccnc1-c1cnccn1. The highest BCUT2D eigenvalue weighted by Gasteiger charge is 2.23. The highest BCUT2D eigenvalue weighted by molar-refractivity contribution is 5.76. The first kappa shape index (κ1) is 14.7. The number of rotatable bonds is 4. The van der Waals surface area contributed by atoms with Crippen molar-refractivity contribution in [3.8, 4) is 11.5 Å². The van der Waals surface area contributed by atoms with Crippen LogP contribution >= 0.6 is 0 Å². The van der Waals surface area contributed by atoms with E-state index in [0.29, 0.717) is 23.5 Å². The Hall–Kier alpha value is -2.24. The molecule has 0 radical (unpaired) electrons. The third-order valence-corrected chi connectivity index (χ3v) is 4.28. The molecule has 0 aliphatic heterocycles. The van der Waals surface area contributed by atoms with Crippen LogP contribution in [0.4, 0.5) is 0 Å². The Kier molecular flexibility index (Phi) is 4.46. The van der Waals surface area contributed by atoms with Crippen LogP contribution in [0.25, 0.3) is 11.5 Å². The van der Waals surface area contributed by atoms with Crippen molar-refractivity contribution in [3.05, 3.63) is 31.0 Å². The quantitative estimate of drug-likeness (QED) is 0.937. The number of hydrogen-bond donors (Lipinski definition) is 1. The number of amides is 1. The molecule has 6 nitrogen and oxygen atoms in total. The maximum absolute atomic E-state index is 12.3. The molecule has 1 N–H and O–H groups in total. The fraction of sp³-hybridized carbons (Fsp3) is 0.500. The molecule has 0 saturated heterocycles. The van der Waals surface area contributed by atoms with E-state index in [1.807, 2.05) is 4.57 Å². The summed E-state index contributed by atoms with van der Waals surface area (Å²) in [5, 5.41) is 3.16. The summed E-state index contributed by atoms with van der Waals surface area (Å²) >= 11 is 0. The van der Waals surface area contributed by atoms with Crippen molar-refractivity contribution in [2.24, 2.45) is 5.92 Å². The molecule has 6 heteroatoms. The summed E-state index contributed by atoms with van der Waals surface area (Å²) in [6, 6.07) is 0.296. The third-order valence-electron chi connectivity index (χ3n) is 4.28. The molecule has 1 amide bonds. The first-order chi connectivity index (χ1) is 10.7. The van der Waals surface area contributed by atoms with Gasteiger partial charge in [-0.1, -0.05) is 19.8 Å². The van der Waals surface area contributed by atoms with Gasteiger partial charge in [-0.3, -0.25) is 9.78 Å². The largest absolute Gasteiger partial charge is 0.352 e. The molecule has 0 spiro atoms. The second kappa shape index (κ2) is 6.68. The van der Waals surface area contributed by atoms with Gasteiger partial charge in [0, 0.05) is 30.8 Å². The van der Waals surface area contributed by atoms with Gasteiger partial charge in [-0.2, -0.15) is 0 Å². The number of hydrogen-bond acceptors (Lipinski definition) is 4. The Morgan fingerprint density at radius 1 is 1.27 bits per heavy atom. The summed E-state index contributed by atoms with van der Waals surface area (Å²) < 4.78 is 1.81. The van der Waals surface area contributed by atoms with Gasteiger partial charge in [-0.05, 0) is 18.8 Å². The predicted molar refractivity (Wildman–Crippen MR) is 82.8 cm³/mol. The average Bonchev–Trinajstić information content (AvgIpc) is 2.98. The smallest absolute Gasteiger partial charge is 0.240 e. The summed E-state index contributed by atoms with van der Waals surface area (Å²) in [6.07, 6.45) is 13.1. The molecule has 3 rings (SSSR count). The van der Waals surface area contributed by atoms with Crippen LogP contribution in [0.5, 0.6) is 0 Å². The molecule has 0 aromatic carbocycles. The van der Waals surface area contributed by atoms with E-state index in [9.17, 15) is 4.79 Å². The lowest BCUT2D eigenvalue weighted by Gasteiger charge is -2.29. The summed E-state index contributed by atoms with van der Waals surface area (Å²) in [5.74, 6) is 1.25. The second-order valence-electron chi connectivity index (χ2n) is 5.91. The van der Waals surface area contributed by atoms with Gasteiger partial charge < -0.3 is 9.88 Å². The van der Waals surface area contributed by atoms with Gasteiger partial charge in [0.05, 0.1) is 6.20 Å². The fourth-order valence-corrected chi connectivity index (χ4v) is 3.02. The molecule has 2 atom stereocenters. The van der Waals surface area contributed by atoms with Crippen LogP contribution in [0.3, 0.4) is 0 Å². The Bertz CT molecular complexity index is 624. The van der Waals surface area contributed by atoms with Crippen LogP contribution < -0.4 is 5.32 Å². The standard InChI is InChI=1S/C16H21N5O/c1-12-4-2-3-5-13(12)20-15(22)11-21-9-8-19-16(21)14-10-17-6-7-18-14/h6-10,12-13H,2-5,11H2,1H3,(H,20,22)/t12-,13-/m1/s1. The lowest BCUT2D eigenvalue weighted by atomic mass is 9.86. The molecule has 0 unspecified atom stereocenters. The van der Waals surface area contributed by atoms with Crippen LogP contribution in [0, 0.1) is 5.92 Å². The fourth-order valence-electron chi connectivity index (χ4n) is 3.02. The van der Waals surface area contributed by atoms with E-state index >= 15 is 0 Å². The van der Waals surface area contributed by atoms with Gasteiger partial charge in [0.15, 0.2) is 5.82 Å². The molecule has 1 saturated carbocycles. The van der Waals surface area contributed by atoms with Crippen molar-refractivity contribution >= 4 is 5.91 Å². The molecule has 2 aromatic heterocycles. The number of nitrogens with one attached hydrogen (secondary N) is 1. The van der Waals surface area contributed by atoms with E-state index in [1.165, 1.54) is 19.3 Å². The van der Waals surface area contributed by atoms with E-state index < -0.39 is 0 Å². The molecule has 1 aliphatic carbocycles. The zero-order valence-corrected chi connectivity index (χ0v) is 12.8. The topological polar surface area (TPSA) is 72.7 Å². The maximum Gasteiger partial charge on any atom is 0.240 e. The van der Waals surface area contributed by atoms with Crippen LogP contribution in [0.15, 0.2) is 31.0 Å². The van der Waals surface area contributed by atoms with E-state index in [-0.39, 0.29) is 12.5 Å². The molecule has 0 bridgehead atoms. The lowest BCUT2D eigenvalue weighted by Crippen LogP contribution is -2.42. The zero-order chi connectivity index (χ0) is 15.4. The van der Waals surface area contributed by atoms with Crippen molar-refractivity contribution in [2.75, 3.05) is 0 Å². The number of nitrogens with zero attached hydrogens (tertiary/aromatic N) is 4. The van der Waals surface area contributed by atoms with Crippen molar-refractivity contribution in [2.45, 2.75) is 45.2 Å². The monoisotopic (exact) mass is 299 g/mol. The first-order valence-corrected chi connectivity index (χ1v) is 7.81. The zero-order valence-electron chi connectivity index (χ0n) is 12.8. The minimum Gasteiger partial charge on any atom is -0.352 e. The van der Waals surface area contributed by atoms with E-state index in [4.69, 9.17) is 0 Å². The second-order valence-corrected chi connectivity index (χ2v) is 5.91. The normalized spacial score (nSPS) is 21.5. The van der Waals surface area contributed by atoms with E-state index in [2.05, 4.69) is 27.2 Å². The minimum atomic E-state index is 0.0295. The van der Waals surface area contributed by atoms with Crippen LogP contribution in [0.1, 0.15) is 32.6 Å². The first-order valence-electron chi connectivity index (χ1n) is 7.81. The van der Waals surface area contributed by atoms with Crippen molar-refractivity contribution in [1.29, 1.82) is 0 Å². The lowest BCUT2D eigenvalue weighted by molar-refractivity contribution is -0.122. The Morgan fingerprint density at radius 3 is 2.91 bits per heavy atom. The highest BCUT2D eigenvalue weighted by atomic mass is 16.2. The van der Waals surface area contributed by atoms with Gasteiger partial charge in [-0.25, -0.2) is 9.97 Å². The van der Waals surface area contributed by atoms with Gasteiger partial charge in [-0.15, -0.1) is 0 Å². The molecule has 1 aliphatic rings. The number of aromatic nitrogens is 4. The number of carbonyl (C=O) groups excluding carboxylic acids is 1. The Labute approximate surface area is 130 Å². The summed E-state index contributed by atoms with van der Waals surface area (Å²) in [4.78, 5) is 24.9. The Balaban J connectivity index is 1.66. The van der Waals surface area contributed by atoms with Gasteiger partial charge in [0.2, 0.25) is 5.91 Å². The molecular formula is C16H21N5O. The number of carbonyl (C=O) groups is 1. The average molecular weight is 299 g/mol. The molecule has 1 fully saturated rings. The summed E-state index contributed by atoms with van der Waals surface area (Å²) in [7, 11) is 0.